The van der Waals surface area contributed by atoms with E-state index >= 15 is 0 Å². The van der Waals surface area contributed by atoms with Crippen LogP contribution in [0.3, 0.4) is 0 Å². The number of rotatable bonds is 6. The van der Waals surface area contributed by atoms with Gasteiger partial charge in [-0.2, -0.15) is 0 Å². The highest BCUT2D eigenvalue weighted by atomic mass is 19.1. The summed E-state index contributed by atoms with van der Waals surface area (Å²) < 4.78 is 24.8. The van der Waals surface area contributed by atoms with Gasteiger partial charge in [-0.15, -0.1) is 0 Å². The molecule has 4 rings (SSSR count). The normalized spacial score (nSPS) is 16.0. The molecule has 0 radical (unpaired) electrons. The van der Waals surface area contributed by atoms with E-state index in [0.29, 0.717) is 16.7 Å². The van der Waals surface area contributed by atoms with Crippen LogP contribution in [0.25, 0.3) is 0 Å². The van der Waals surface area contributed by atoms with Crippen molar-refractivity contribution in [1.29, 1.82) is 0 Å². The molecule has 0 N–H and O–H groups in total. The third-order valence-electron chi connectivity index (χ3n) is 5.71. The van der Waals surface area contributed by atoms with Crippen LogP contribution >= 0.6 is 0 Å². The van der Waals surface area contributed by atoms with E-state index in [1.807, 2.05) is 30.3 Å². The summed E-state index contributed by atoms with van der Waals surface area (Å²) in [6, 6.07) is 21.2. The zero-order valence-corrected chi connectivity index (χ0v) is 19.1. The fraction of sp³-hybridized carbons (Fsp3) is 0.179. The summed E-state index contributed by atoms with van der Waals surface area (Å²) in [4.78, 5) is 39.7. The number of aryl methyl sites for hydroxylation is 1. The van der Waals surface area contributed by atoms with Gasteiger partial charge in [-0.05, 0) is 41.8 Å². The number of amides is 1. The topological polar surface area (TPSA) is 72.9 Å². The van der Waals surface area contributed by atoms with Gasteiger partial charge in [0.15, 0.2) is 5.78 Å². The number of nitrogens with zero attached hydrogens (tertiary/aromatic N) is 1. The lowest BCUT2D eigenvalue weighted by Crippen LogP contribution is -2.37. The van der Waals surface area contributed by atoms with Gasteiger partial charge in [-0.1, -0.05) is 66.7 Å². The Kier molecular flexibility index (Phi) is 7.35. The van der Waals surface area contributed by atoms with Crippen LogP contribution in [-0.2, 0) is 25.7 Å². The predicted molar refractivity (Wildman–Crippen MR) is 126 cm³/mol. The van der Waals surface area contributed by atoms with Crippen LogP contribution in [0.15, 0.2) is 91.1 Å². The van der Waals surface area contributed by atoms with Gasteiger partial charge in [0.05, 0.1) is 6.04 Å². The molecule has 1 heterocycles. The number of carbonyl (C=O) groups excluding carboxylic acids is 3. The first-order valence-corrected chi connectivity index (χ1v) is 11.1. The average Bonchev–Trinajstić information content (AvgIpc) is 2.87. The largest absolute Gasteiger partial charge is 0.458 e. The second-order valence-electron chi connectivity index (χ2n) is 8.18. The fourth-order valence-corrected chi connectivity index (χ4v) is 3.93. The number of benzene rings is 3. The van der Waals surface area contributed by atoms with Crippen molar-refractivity contribution >= 4 is 17.8 Å². The Morgan fingerprint density at radius 1 is 1.03 bits per heavy atom. The van der Waals surface area contributed by atoms with Crippen molar-refractivity contribution in [1.82, 2.24) is 4.90 Å². The lowest BCUT2D eigenvalue weighted by molar-refractivity contribution is -0.156. The fourth-order valence-electron chi connectivity index (χ4n) is 3.93. The van der Waals surface area contributed by atoms with Crippen LogP contribution < -0.4 is 0 Å². The summed E-state index contributed by atoms with van der Waals surface area (Å²) in [6.07, 6.45) is 0.481. The van der Waals surface area contributed by atoms with Crippen LogP contribution in [0.4, 0.5) is 9.18 Å². The molecule has 2 unspecified atom stereocenters. The van der Waals surface area contributed by atoms with E-state index in [2.05, 4.69) is 0 Å². The zero-order valence-electron chi connectivity index (χ0n) is 19.1. The number of carbonyl (C=O) groups is 3. The number of halogens is 1. The molecular weight excluding hydrogens is 449 g/mol. The highest BCUT2D eigenvalue weighted by molar-refractivity contribution is 5.92. The van der Waals surface area contributed by atoms with Crippen molar-refractivity contribution in [3.05, 3.63) is 119 Å². The zero-order chi connectivity index (χ0) is 24.8. The Balaban J connectivity index is 1.57. The molecule has 7 heteroatoms. The van der Waals surface area contributed by atoms with Crippen molar-refractivity contribution < 1.29 is 28.2 Å². The van der Waals surface area contributed by atoms with E-state index in [0.717, 1.165) is 5.56 Å². The molecule has 1 aliphatic rings. The summed E-state index contributed by atoms with van der Waals surface area (Å²) in [5.41, 5.74) is 2.45. The average molecular weight is 474 g/mol. The van der Waals surface area contributed by atoms with Crippen LogP contribution in [0.2, 0.25) is 0 Å². The molecule has 0 spiro atoms. The molecule has 0 saturated heterocycles. The number of esters is 1. The molecule has 6 nitrogen and oxygen atoms in total. The molecule has 0 saturated carbocycles. The number of allylic oxidation sites excluding steroid dienone is 1. The molecule has 0 bridgehead atoms. The van der Waals surface area contributed by atoms with Gasteiger partial charge in [0, 0.05) is 18.2 Å². The van der Waals surface area contributed by atoms with E-state index in [-0.39, 0.29) is 18.8 Å². The van der Waals surface area contributed by atoms with Gasteiger partial charge in [0.1, 0.15) is 12.4 Å². The molecule has 2 atom stereocenters. The molecule has 178 valence electrons. The minimum absolute atomic E-state index is 0.00648. The summed E-state index contributed by atoms with van der Waals surface area (Å²) in [6.45, 7) is 1.73. The first-order chi connectivity index (χ1) is 16.9. The lowest BCUT2D eigenvalue weighted by atomic mass is 9.94. The van der Waals surface area contributed by atoms with Crippen LogP contribution in [0.5, 0.6) is 0 Å². The molecule has 3 aromatic rings. The third kappa shape index (κ3) is 5.81. The Morgan fingerprint density at radius 3 is 2.40 bits per heavy atom. The molecule has 3 aromatic carbocycles. The van der Waals surface area contributed by atoms with Crippen molar-refractivity contribution in [3.8, 4) is 0 Å². The summed E-state index contributed by atoms with van der Waals surface area (Å²) in [5, 5.41) is 0. The van der Waals surface area contributed by atoms with Crippen LogP contribution in [-0.4, -0.2) is 22.7 Å². The smallest absolute Gasteiger partial charge is 0.415 e. The molecular formula is C28H24FNO5. The second-order valence-corrected chi connectivity index (χ2v) is 8.18. The Labute approximate surface area is 202 Å². The van der Waals surface area contributed by atoms with Gasteiger partial charge in [-0.3, -0.25) is 9.69 Å². The highest BCUT2D eigenvalue weighted by Gasteiger charge is 2.34. The predicted octanol–water partition coefficient (Wildman–Crippen LogP) is 5.59. The monoisotopic (exact) mass is 473 g/mol. The molecule has 1 amide bonds. The Hall–Kier alpha value is -4.26. The maximum atomic E-state index is 13.7. The van der Waals surface area contributed by atoms with Gasteiger partial charge in [0.2, 0.25) is 6.10 Å². The minimum Gasteiger partial charge on any atom is -0.458 e. The molecule has 0 aliphatic carbocycles. The van der Waals surface area contributed by atoms with Crippen molar-refractivity contribution in [3.63, 3.8) is 0 Å². The number of hydrogen-bond acceptors (Lipinski definition) is 5. The number of ketones is 1. The maximum Gasteiger partial charge on any atom is 0.415 e. The van der Waals surface area contributed by atoms with E-state index in [9.17, 15) is 18.8 Å². The summed E-state index contributed by atoms with van der Waals surface area (Å²) in [5.74, 6) is -1.31. The summed E-state index contributed by atoms with van der Waals surface area (Å²) in [7, 11) is 0. The van der Waals surface area contributed by atoms with Crippen LogP contribution in [0.1, 0.15) is 40.8 Å². The highest BCUT2D eigenvalue weighted by Crippen LogP contribution is 2.33. The Morgan fingerprint density at radius 2 is 1.71 bits per heavy atom. The molecule has 0 fully saturated rings. The van der Waals surface area contributed by atoms with E-state index in [1.54, 1.807) is 43.3 Å². The van der Waals surface area contributed by atoms with Crippen LogP contribution in [0, 0.1) is 12.7 Å². The van der Waals surface area contributed by atoms with E-state index < -0.39 is 30.0 Å². The van der Waals surface area contributed by atoms with Crippen molar-refractivity contribution in [2.75, 3.05) is 0 Å². The standard InChI is InChI=1S/C28H24FNO5/c1-19-16-22(29)12-13-24(19)25-17-23(31)14-15-30(25)28(33)35-26(21-10-6-3-7-11-21)27(32)34-18-20-8-4-2-5-9-20/h2-16,25-26H,17-18H2,1H3. The van der Waals surface area contributed by atoms with E-state index in [4.69, 9.17) is 9.47 Å². The van der Waals surface area contributed by atoms with E-state index in [1.165, 1.54) is 29.3 Å². The quantitative estimate of drug-likeness (QED) is 0.437. The van der Waals surface area contributed by atoms with Gasteiger partial charge in [-0.25, -0.2) is 14.0 Å². The van der Waals surface area contributed by atoms with Gasteiger partial charge >= 0.3 is 12.1 Å². The maximum absolute atomic E-state index is 13.7. The molecule has 0 aromatic heterocycles. The second kappa shape index (κ2) is 10.8. The van der Waals surface area contributed by atoms with Crippen molar-refractivity contribution in [2.24, 2.45) is 0 Å². The van der Waals surface area contributed by atoms with Gasteiger partial charge in [0.25, 0.3) is 0 Å². The minimum atomic E-state index is -1.31. The van der Waals surface area contributed by atoms with Gasteiger partial charge < -0.3 is 9.47 Å². The number of ether oxygens (including phenoxy) is 2. The third-order valence-corrected chi connectivity index (χ3v) is 5.71. The molecule has 1 aliphatic heterocycles. The summed E-state index contributed by atoms with van der Waals surface area (Å²) >= 11 is 0. The SMILES string of the molecule is Cc1cc(F)ccc1C1CC(=O)C=CN1C(=O)OC(C(=O)OCc1ccccc1)c1ccccc1. The lowest BCUT2D eigenvalue weighted by Gasteiger charge is -2.32. The molecule has 35 heavy (non-hydrogen) atoms. The van der Waals surface area contributed by atoms with Crippen molar-refractivity contribution in [2.45, 2.75) is 32.1 Å². The Bertz CT molecular complexity index is 1240. The first kappa shape index (κ1) is 23.9. The number of hydrogen-bond donors (Lipinski definition) is 0. The first-order valence-electron chi connectivity index (χ1n) is 11.1.